The summed E-state index contributed by atoms with van der Waals surface area (Å²) in [6, 6.07) is 0. The summed E-state index contributed by atoms with van der Waals surface area (Å²) in [6.07, 6.45) is 1.15. The summed E-state index contributed by atoms with van der Waals surface area (Å²) >= 11 is 0. The van der Waals surface area contributed by atoms with Crippen molar-refractivity contribution in [1.29, 1.82) is 0 Å². The summed E-state index contributed by atoms with van der Waals surface area (Å²) < 4.78 is 30.5. The third-order valence-corrected chi connectivity index (χ3v) is 4.84. The van der Waals surface area contributed by atoms with Gasteiger partial charge in [-0.15, -0.1) is 6.58 Å². The second kappa shape index (κ2) is 8.11. The predicted molar refractivity (Wildman–Crippen MR) is 75.2 cm³/mol. The van der Waals surface area contributed by atoms with E-state index in [4.69, 9.17) is 9.84 Å². The Morgan fingerprint density at radius 1 is 1.33 bits per heavy atom. The lowest BCUT2D eigenvalue weighted by Crippen LogP contribution is -2.43. The van der Waals surface area contributed by atoms with Gasteiger partial charge in [0.2, 0.25) is 15.9 Å². The van der Waals surface area contributed by atoms with Crippen LogP contribution in [0.1, 0.15) is 6.42 Å². The van der Waals surface area contributed by atoms with Crippen LogP contribution in [-0.2, 0) is 24.3 Å². The minimum Gasteiger partial charge on any atom is -0.480 e. The van der Waals surface area contributed by atoms with E-state index in [1.807, 2.05) is 0 Å². The molecule has 0 aromatic carbocycles. The van der Waals surface area contributed by atoms with Gasteiger partial charge in [-0.1, -0.05) is 6.08 Å². The molecule has 120 valence electrons. The van der Waals surface area contributed by atoms with Crippen LogP contribution < -0.4 is 0 Å². The van der Waals surface area contributed by atoms with E-state index in [0.717, 1.165) is 4.90 Å². The van der Waals surface area contributed by atoms with E-state index in [1.165, 1.54) is 10.4 Å². The number of carboxylic acid groups (broad SMARTS) is 1. The normalized spacial score (nSPS) is 16.4. The first kappa shape index (κ1) is 17.6. The highest BCUT2D eigenvalue weighted by Gasteiger charge is 2.26. The van der Waals surface area contributed by atoms with Gasteiger partial charge in [-0.25, -0.2) is 8.42 Å². The minimum atomic E-state index is -3.52. The van der Waals surface area contributed by atoms with Crippen LogP contribution in [0.3, 0.4) is 0 Å². The van der Waals surface area contributed by atoms with E-state index < -0.39 is 28.4 Å². The molecule has 9 heteroatoms. The lowest BCUT2D eigenvalue weighted by molar-refractivity contribution is -0.143. The average molecular weight is 320 g/mol. The summed E-state index contributed by atoms with van der Waals surface area (Å²) in [5.74, 6) is -2.01. The second-order valence-corrected chi connectivity index (χ2v) is 6.62. The van der Waals surface area contributed by atoms with Gasteiger partial charge < -0.3 is 14.7 Å². The number of aliphatic carboxylic acids is 1. The molecular formula is C12H20N2O6S. The Bertz CT molecular complexity index is 484. The first-order chi connectivity index (χ1) is 9.86. The molecule has 1 rings (SSSR count). The molecule has 0 radical (unpaired) electrons. The van der Waals surface area contributed by atoms with Crippen LogP contribution >= 0.6 is 0 Å². The zero-order valence-corrected chi connectivity index (χ0v) is 12.5. The zero-order chi connectivity index (χ0) is 15.9. The number of ether oxygens (including phenoxy) is 1. The lowest BCUT2D eigenvalue weighted by atomic mass is 10.3. The van der Waals surface area contributed by atoms with E-state index in [2.05, 4.69) is 6.58 Å². The Morgan fingerprint density at radius 2 is 1.95 bits per heavy atom. The Balaban J connectivity index is 2.56. The number of nitrogens with zero attached hydrogens (tertiary/aromatic N) is 2. The maximum absolute atomic E-state index is 12.1. The number of rotatable bonds is 8. The number of hydrogen-bond donors (Lipinski definition) is 1. The van der Waals surface area contributed by atoms with Gasteiger partial charge in [0, 0.05) is 26.1 Å². The van der Waals surface area contributed by atoms with Crippen LogP contribution in [0, 0.1) is 0 Å². The quantitative estimate of drug-likeness (QED) is 0.584. The van der Waals surface area contributed by atoms with E-state index in [9.17, 15) is 18.0 Å². The van der Waals surface area contributed by atoms with E-state index in [-0.39, 0.29) is 31.8 Å². The Morgan fingerprint density at radius 3 is 2.48 bits per heavy atom. The Labute approximate surface area is 124 Å². The number of sulfonamides is 1. The van der Waals surface area contributed by atoms with Gasteiger partial charge in [-0.3, -0.25) is 9.59 Å². The number of carboxylic acids is 1. The number of carbonyl (C=O) groups excluding carboxylic acids is 1. The van der Waals surface area contributed by atoms with Crippen LogP contribution in [0.25, 0.3) is 0 Å². The topological polar surface area (TPSA) is 104 Å². The molecule has 0 saturated carbocycles. The average Bonchev–Trinajstić information content (AvgIpc) is 2.45. The van der Waals surface area contributed by atoms with Crippen molar-refractivity contribution in [3.05, 3.63) is 12.7 Å². The van der Waals surface area contributed by atoms with Crippen molar-refractivity contribution in [2.24, 2.45) is 0 Å². The smallest absolute Gasteiger partial charge is 0.323 e. The molecule has 0 aromatic heterocycles. The molecule has 1 saturated heterocycles. The van der Waals surface area contributed by atoms with Crippen molar-refractivity contribution in [3.8, 4) is 0 Å². The third-order valence-electron chi connectivity index (χ3n) is 2.97. The van der Waals surface area contributed by atoms with Crippen LogP contribution in [0.4, 0.5) is 0 Å². The maximum Gasteiger partial charge on any atom is 0.323 e. The number of hydrogen-bond acceptors (Lipinski definition) is 5. The molecule has 0 aromatic rings. The molecule has 1 fully saturated rings. The van der Waals surface area contributed by atoms with Gasteiger partial charge in [0.25, 0.3) is 0 Å². The molecule has 1 heterocycles. The van der Waals surface area contributed by atoms with Crippen LogP contribution in [0.15, 0.2) is 12.7 Å². The van der Waals surface area contributed by atoms with E-state index in [0.29, 0.717) is 13.2 Å². The van der Waals surface area contributed by atoms with Crippen molar-refractivity contribution in [2.75, 3.05) is 45.1 Å². The number of amides is 1. The third kappa shape index (κ3) is 5.82. The highest BCUT2D eigenvalue weighted by Crippen LogP contribution is 2.08. The summed E-state index contributed by atoms with van der Waals surface area (Å²) in [4.78, 5) is 23.6. The zero-order valence-electron chi connectivity index (χ0n) is 11.7. The molecule has 1 aliphatic rings. The summed E-state index contributed by atoms with van der Waals surface area (Å²) in [5.41, 5.74) is 0. The first-order valence-corrected chi connectivity index (χ1v) is 8.14. The van der Waals surface area contributed by atoms with Crippen LogP contribution in [-0.4, -0.2) is 79.8 Å². The molecule has 0 spiro atoms. The van der Waals surface area contributed by atoms with Gasteiger partial charge in [0.1, 0.15) is 6.54 Å². The molecule has 0 aliphatic carbocycles. The standard InChI is InChI=1S/C12H20N2O6S/c1-2-4-13(10-12(16)17)11(15)3-9-21(18,19)14-5-7-20-8-6-14/h2H,1,3-10H2,(H,16,17). The van der Waals surface area contributed by atoms with E-state index >= 15 is 0 Å². The van der Waals surface area contributed by atoms with Gasteiger partial charge in [0.05, 0.1) is 19.0 Å². The van der Waals surface area contributed by atoms with Crippen LogP contribution in [0.5, 0.6) is 0 Å². The fourth-order valence-corrected chi connectivity index (χ4v) is 3.30. The fourth-order valence-electron chi connectivity index (χ4n) is 1.90. The van der Waals surface area contributed by atoms with Crippen molar-refractivity contribution in [2.45, 2.75) is 6.42 Å². The summed E-state index contributed by atoms with van der Waals surface area (Å²) in [7, 11) is -3.52. The molecule has 8 nitrogen and oxygen atoms in total. The maximum atomic E-state index is 12.1. The fraction of sp³-hybridized carbons (Fsp3) is 0.667. The second-order valence-electron chi connectivity index (χ2n) is 4.53. The molecule has 1 aliphatic heterocycles. The van der Waals surface area contributed by atoms with Gasteiger partial charge in [0.15, 0.2) is 0 Å². The Kier molecular flexibility index (Phi) is 6.79. The highest BCUT2D eigenvalue weighted by molar-refractivity contribution is 7.89. The molecule has 0 atom stereocenters. The van der Waals surface area contributed by atoms with Crippen molar-refractivity contribution in [1.82, 2.24) is 9.21 Å². The predicted octanol–water partition coefficient (Wildman–Crippen LogP) is -0.862. The van der Waals surface area contributed by atoms with Gasteiger partial charge in [-0.05, 0) is 0 Å². The molecular weight excluding hydrogens is 300 g/mol. The lowest BCUT2D eigenvalue weighted by Gasteiger charge is -2.26. The molecule has 1 N–H and O–H groups in total. The molecule has 21 heavy (non-hydrogen) atoms. The van der Waals surface area contributed by atoms with Crippen molar-refractivity contribution >= 4 is 21.9 Å². The summed E-state index contributed by atoms with van der Waals surface area (Å²) in [5, 5.41) is 8.72. The number of morpholine rings is 1. The summed E-state index contributed by atoms with van der Waals surface area (Å²) in [6.45, 7) is 4.29. The van der Waals surface area contributed by atoms with Crippen LogP contribution in [0.2, 0.25) is 0 Å². The largest absolute Gasteiger partial charge is 0.480 e. The van der Waals surface area contributed by atoms with Crippen molar-refractivity contribution in [3.63, 3.8) is 0 Å². The Hall–Kier alpha value is -1.45. The monoisotopic (exact) mass is 320 g/mol. The molecule has 1 amide bonds. The number of carbonyl (C=O) groups is 2. The molecule has 0 unspecified atom stereocenters. The minimum absolute atomic E-state index is 0.0722. The first-order valence-electron chi connectivity index (χ1n) is 6.53. The SMILES string of the molecule is C=CCN(CC(=O)O)C(=O)CCS(=O)(=O)N1CCOCC1. The van der Waals surface area contributed by atoms with E-state index in [1.54, 1.807) is 0 Å². The van der Waals surface area contributed by atoms with Gasteiger partial charge in [-0.2, -0.15) is 4.31 Å². The van der Waals surface area contributed by atoms with Crippen molar-refractivity contribution < 1.29 is 27.9 Å². The highest BCUT2D eigenvalue weighted by atomic mass is 32.2. The molecule has 0 bridgehead atoms. The van der Waals surface area contributed by atoms with Gasteiger partial charge >= 0.3 is 5.97 Å².